The summed E-state index contributed by atoms with van der Waals surface area (Å²) in [6, 6.07) is -0.144. The number of nitrogens with two attached hydrogens (primary N) is 1. The molecule has 1 aliphatic heterocycles. The van der Waals surface area contributed by atoms with Crippen molar-refractivity contribution >= 4 is 39.7 Å². The van der Waals surface area contributed by atoms with Crippen molar-refractivity contribution in [1.29, 1.82) is 0 Å². The van der Waals surface area contributed by atoms with Gasteiger partial charge in [-0.2, -0.15) is 4.98 Å². The molecule has 0 unspecified atom stereocenters. The van der Waals surface area contributed by atoms with Gasteiger partial charge in [0.25, 0.3) is 5.91 Å². The van der Waals surface area contributed by atoms with E-state index in [1.165, 1.54) is 0 Å². The van der Waals surface area contributed by atoms with Crippen LogP contribution in [0.3, 0.4) is 0 Å². The highest BCUT2D eigenvalue weighted by molar-refractivity contribution is 9.12. The van der Waals surface area contributed by atoms with Gasteiger partial charge in [-0.15, -0.1) is 0 Å². The normalized spacial score (nSPS) is 15.2. The predicted octanol–water partition coefficient (Wildman–Crippen LogP) is 3.57. The number of anilines is 2. The summed E-state index contributed by atoms with van der Waals surface area (Å²) in [5.74, 6) is 0.366. The van der Waals surface area contributed by atoms with E-state index >= 15 is 0 Å². The summed E-state index contributed by atoms with van der Waals surface area (Å²) in [4.78, 5) is 37.3. The van der Waals surface area contributed by atoms with Gasteiger partial charge in [-0.1, -0.05) is 13.5 Å². The molecule has 0 bridgehead atoms. The van der Waals surface area contributed by atoms with Crippen LogP contribution in [0.5, 0.6) is 0 Å². The Labute approximate surface area is 180 Å². The molecule has 1 fully saturated rings. The first-order valence-corrected chi connectivity index (χ1v) is 10.5. The number of nitrogen functional groups attached to an aromatic ring is 1. The molecule has 0 spiro atoms. The van der Waals surface area contributed by atoms with Crippen LogP contribution in [-0.2, 0) is 16.0 Å². The highest BCUT2D eigenvalue weighted by atomic mass is 79.9. The molecule has 0 atom stereocenters. The van der Waals surface area contributed by atoms with E-state index in [-0.39, 0.29) is 28.5 Å². The minimum Gasteiger partial charge on any atom is -0.444 e. The van der Waals surface area contributed by atoms with Gasteiger partial charge in [0, 0.05) is 30.4 Å². The van der Waals surface area contributed by atoms with Gasteiger partial charge in [0.15, 0.2) is 0 Å². The maximum Gasteiger partial charge on any atom is 0.410 e. The van der Waals surface area contributed by atoms with Crippen molar-refractivity contribution in [2.75, 3.05) is 23.7 Å². The number of carbonyl (C=O) groups excluding carboxylic acids is 2. The SMILES string of the molecule is C=C(Br)C(=O)N(c1nc(N)nc(C)c1CC)C1CCN(C(=O)OC(C)(C)C)CC1. The zero-order chi connectivity index (χ0) is 21.9. The molecule has 0 aliphatic carbocycles. The Morgan fingerprint density at radius 1 is 1.31 bits per heavy atom. The fourth-order valence-electron chi connectivity index (χ4n) is 3.41. The molecule has 160 valence electrons. The Morgan fingerprint density at radius 2 is 1.90 bits per heavy atom. The number of nitrogens with zero attached hydrogens (tertiary/aromatic N) is 4. The first kappa shape index (κ1) is 23.1. The fourth-order valence-corrected chi connectivity index (χ4v) is 3.61. The molecule has 0 aromatic carbocycles. The van der Waals surface area contributed by atoms with E-state index in [0.717, 1.165) is 11.3 Å². The van der Waals surface area contributed by atoms with Crippen LogP contribution in [0.1, 0.15) is 51.8 Å². The molecule has 1 aromatic heterocycles. The molecule has 1 aliphatic rings. The summed E-state index contributed by atoms with van der Waals surface area (Å²) in [7, 11) is 0. The number of carbonyl (C=O) groups is 2. The molecular formula is C20H30BrN5O3. The smallest absolute Gasteiger partial charge is 0.410 e. The number of aromatic nitrogens is 2. The summed E-state index contributed by atoms with van der Waals surface area (Å²) >= 11 is 3.21. The van der Waals surface area contributed by atoms with E-state index in [2.05, 4.69) is 32.5 Å². The van der Waals surface area contributed by atoms with Gasteiger partial charge >= 0.3 is 6.09 Å². The van der Waals surface area contributed by atoms with Crippen molar-refractivity contribution in [1.82, 2.24) is 14.9 Å². The molecule has 0 radical (unpaired) electrons. The lowest BCUT2D eigenvalue weighted by Crippen LogP contribution is -2.50. The van der Waals surface area contributed by atoms with Gasteiger partial charge < -0.3 is 15.4 Å². The van der Waals surface area contributed by atoms with E-state index in [0.29, 0.717) is 38.2 Å². The molecule has 1 aromatic rings. The Bertz CT molecular complexity index is 798. The Kier molecular flexibility index (Phi) is 7.26. The summed E-state index contributed by atoms with van der Waals surface area (Å²) in [6.45, 7) is 14.1. The molecule has 1 saturated heterocycles. The van der Waals surface area contributed by atoms with E-state index in [1.54, 1.807) is 9.80 Å². The van der Waals surface area contributed by atoms with Crippen LogP contribution in [0.25, 0.3) is 0 Å². The molecule has 8 nitrogen and oxygen atoms in total. The number of rotatable bonds is 4. The predicted molar refractivity (Wildman–Crippen MR) is 117 cm³/mol. The highest BCUT2D eigenvalue weighted by Crippen LogP contribution is 2.30. The second-order valence-electron chi connectivity index (χ2n) is 8.10. The van der Waals surface area contributed by atoms with Crippen LogP contribution < -0.4 is 10.6 Å². The average Bonchev–Trinajstić information content (AvgIpc) is 2.60. The summed E-state index contributed by atoms with van der Waals surface area (Å²) < 4.78 is 5.70. The molecule has 2 N–H and O–H groups in total. The molecule has 2 amide bonds. The Hall–Kier alpha value is -2.16. The molecule has 2 rings (SSSR count). The van der Waals surface area contributed by atoms with Gasteiger partial charge in [0.1, 0.15) is 11.4 Å². The van der Waals surface area contributed by atoms with Crippen LogP contribution >= 0.6 is 15.9 Å². The second-order valence-corrected chi connectivity index (χ2v) is 9.06. The summed E-state index contributed by atoms with van der Waals surface area (Å²) in [6.07, 6.45) is 1.51. The van der Waals surface area contributed by atoms with Crippen molar-refractivity contribution < 1.29 is 14.3 Å². The first-order chi connectivity index (χ1) is 13.4. The van der Waals surface area contributed by atoms with E-state index < -0.39 is 5.60 Å². The van der Waals surface area contributed by atoms with Crippen molar-refractivity contribution in [3.05, 3.63) is 22.3 Å². The standard InChI is InChI=1S/C20H30BrN5O3/c1-7-15-13(3)23-18(22)24-16(15)26(17(27)12(2)21)14-8-10-25(11-9-14)19(28)29-20(4,5)6/h14H,2,7-11H2,1,3-6H3,(H2,22,23,24). The minimum absolute atomic E-state index is 0.124. The zero-order valence-corrected chi connectivity index (χ0v) is 19.4. The lowest BCUT2D eigenvalue weighted by atomic mass is 10.0. The number of amides is 2. The number of hydrogen-bond donors (Lipinski definition) is 1. The van der Waals surface area contributed by atoms with Crippen molar-refractivity contribution in [2.24, 2.45) is 0 Å². The topological polar surface area (TPSA) is 102 Å². The first-order valence-electron chi connectivity index (χ1n) is 9.73. The van der Waals surface area contributed by atoms with Gasteiger partial charge in [-0.3, -0.25) is 9.69 Å². The number of likely N-dealkylation sites (tertiary alicyclic amines) is 1. The quantitative estimate of drug-likeness (QED) is 0.678. The average molecular weight is 468 g/mol. The second kappa shape index (κ2) is 9.11. The van der Waals surface area contributed by atoms with E-state index in [9.17, 15) is 9.59 Å². The van der Waals surface area contributed by atoms with Crippen molar-refractivity contribution in [3.8, 4) is 0 Å². The van der Waals surface area contributed by atoms with E-state index in [1.807, 2.05) is 34.6 Å². The fraction of sp³-hybridized carbons (Fsp3) is 0.600. The number of ether oxygens (including phenoxy) is 1. The third-order valence-corrected chi connectivity index (χ3v) is 5.06. The Morgan fingerprint density at radius 3 is 2.38 bits per heavy atom. The van der Waals surface area contributed by atoms with Crippen LogP contribution in [0, 0.1) is 6.92 Å². The largest absolute Gasteiger partial charge is 0.444 e. The van der Waals surface area contributed by atoms with Gasteiger partial charge in [-0.05, 0) is 62.9 Å². The summed E-state index contributed by atoms with van der Waals surface area (Å²) in [5.41, 5.74) is 6.96. The van der Waals surface area contributed by atoms with Crippen LogP contribution in [0.2, 0.25) is 0 Å². The van der Waals surface area contributed by atoms with Crippen LogP contribution in [0.4, 0.5) is 16.6 Å². The molecule has 0 saturated carbocycles. The van der Waals surface area contributed by atoms with Crippen LogP contribution in [0.15, 0.2) is 11.1 Å². The maximum absolute atomic E-state index is 13.0. The van der Waals surface area contributed by atoms with Gasteiger partial charge in [-0.25, -0.2) is 9.78 Å². The van der Waals surface area contributed by atoms with Crippen LogP contribution in [-0.4, -0.2) is 51.6 Å². The number of piperidine rings is 1. The Balaban J connectivity index is 2.30. The van der Waals surface area contributed by atoms with Gasteiger partial charge in [0.2, 0.25) is 5.95 Å². The molecule has 2 heterocycles. The molecule has 29 heavy (non-hydrogen) atoms. The monoisotopic (exact) mass is 467 g/mol. The summed E-state index contributed by atoms with van der Waals surface area (Å²) in [5, 5.41) is 0. The number of hydrogen-bond acceptors (Lipinski definition) is 6. The highest BCUT2D eigenvalue weighted by Gasteiger charge is 2.34. The van der Waals surface area contributed by atoms with Gasteiger partial charge in [0.05, 0.1) is 4.48 Å². The number of aryl methyl sites for hydroxylation is 1. The minimum atomic E-state index is -0.546. The van der Waals surface area contributed by atoms with Crippen molar-refractivity contribution in [3.63, 3.8) is 0 Å². The number of halogens is 1. The molecular weight excluding hydrogens is 438 g/mol. The maximum atomic E-state index is 13.0. The third-order valence-electron chi connectivity index (χ3n) is 4.72. The molecule has 9 heteroatoms. The van der Waals surface area contributed by atoms with E-state index in [4.69, 9.17) is 10.5 Å². The third kappa shape index (κ3) is 5.68. The zero-order valence-electron chi connectivity index (χ0n) is 17.8. The van der Waals surface area contributed by atoms with Crippen molar-refractivity contribution in [2.45, 2.75) is 65.5 Å². The lowest BCUT2D eigenvalue weighted by molar-refractivity contribution is -0.115. The lowest BCUT2D eigenvalue weighted by Gasteiger charge is -2.39.